The third kappa shape index (κ3) is 0.760. The molecule has 0 spiro atoms. The van der Waals surface area contributed by atoms with Gasteiger partial charge in [0.1, 0.15) is 0 Å². The summed E-state index contributed by atoms with van der Waals surface area (Å²) in [6.07, 6.45) is 2.24. The average Bonchev–Trinajstić information content (AvgIpc) is 2.27. The molecular formula is C9H6N. The lowest BCUT2D eigenvalue weighted by molar-refractivity contribution is 1.39. The Balaban J connectivity index is 3.09. The van der Waals surface area contributed by atoms with Gasteiger partial charge in [-0.2, -0.15) is 0 Å². The molecule has 47 valence electrons. The van der Waals surface area contributed by atoms with Crippen molar-refractivity contribution in [2.45, 2.75) is 0 Å². The standard InChI is InChI=1S/C9H6N/c1-2-6-9-8(4-1)5-3-7-10-9/h1-6H/i1D,2D,3D,4D,5D,6D. The lowest BCUT2D eigenvalue weighted by atomic mass is 10.2. The van der Waals surface area contributed by atoms with Gasteiger partial charge >= 0.3 is 0 Å². The third-order valence-corrected chi connectivity index (χ3v) is 1.08. The van der Waals surface area contributed by atoms with E-state index in [0.29, 0.717) is 0 Å². The van der Waals surface area contributed by atoms with Crippen LogP contribution in [0.4, 0.5) is 0 Å². The highest BCUT2D eigenvalue weighted by atomic mass is 14.6. The van der Waals surface area contributed by atoms with E-state index in [1.54, 1.807) is 0 Å². The summed E-state index contributed by atoms with van der Waals surface area (Å²) >= 11 is 0. The number of pyridine rings is 1. The van der Waals surface area contributed by atoms with Crippen LogP contribution in [0.3, 0.4) is 0 Å². The van der Waals surface area contributed by atoms with Crippen LogP contribution in [-0.4, -0.2) is 4.98 Å². The van der Waals surface area contributed by atoms with Crippen molar-refractivity contribution < 1.29 is 8.22 Å². The van der Waals surface area contributed by atoms with E-state index in [9.17, 15) is 0 Å². The van der Waals surface area contributed by atoms with E-state index in [-0.39, 0.29) is 35.1 Å². The summed E-state index contributed by atoms with van der Waals surface area (Å²) in [4.78, 5) is 3.66. The van der Waals surface area contributed by atoms with E-state index in [4.69, 9.17) is 8.22 Å². The zero-order valence-electron chi connectivity index (χ0n) is 10.9. The van der Waals surface area contributed by atoms with Gasteiger partial charge in [-0.15, -0.1) is 0 Å². The van der Waals surface area contributed by atoms with Gasteiger partial charge < -0.3 is 0 Å². The molecule has 2 aromatic rings. The van der Waals surface area contributed by atoms with E-state index < -0.39 is 12.1 Å². The van der Waals surface area contributed by atoms with E-state index in [2.05, 4.69) is 11.2 Å². The van der Waals surface area contributed by atoms with Crippen LogP contribution in [0.25, 0.3) is 10.9 Å². The molecule has 0 aliphatic rings. The number of para-hydroxylation sites is 1. The summed E-state index contributed by atoms with van der Waals surface area (Å²) < 4.78 is 45.0. The number of aromatic nitrogens is 1. The Morgan fingerprint density at radius 1 is 1.30 bits per heavy atom. The maximum absolute atomic E-state index is 7.62. The summed E-state index contributed by atoms with van der Waals surface area (Å²) in [6, 6.07) is -2.01. The lowest BCUT2D eigenvalue weighted by Crippen LogP contribution is -1.74. The van der Waals surface area contributed by atoms with Crippen LogP contribution in [0.5, 0.6) is 0 Å². The number of hydrogen-bond acceptors (Lipinski definition) is 1. The van der Waals surface area contributed by atoms with Gasteiger partial charge in [0.05, 0.1) is 19.9 Å². The van der Waals surface area contributed by atoms with Crippen LogP contribution < -0.4 is 0 Å². The van der Waals surface area contributed by atoms with E-state index in [1.807, 2.05) is 0 Å². The topological polar surface area (TPSA) is 12.9 Å². The predicted molar refractivity (Wildman–Crippen MR) is 40.6 cm³/mol. The van der Waals surface area contributed by atoms with Crippen molar-refractivity contribution >= 4 is 10.9 Å². The fourth-order valence-electron chi connectivity index (χ4n) is 0.655. The van der Waals surface area contributed by atoms with Crippen LogP contribution in [0.1, 0.15) is 8.22 Å². The average molecular weight is 134 g/mol. The van der Waals surface area contributed by atoms with Crippen molar-refractivity contribution in [2.75, 3.05) is 0 Å². The highest BCUT2D eigenvalue weighted by molar-refractivity contribution is 5.77. The van der Waals surface area contributed by atoms with Gasteiger partial charge in [0.2, 0.25) is 0 Å². The number of benzene rings is 1. The first-order chi connectivity index (χ1) is 7.45. The molecule has 0 aliphatic heterocycles. The van der Waals surface area contributed by atoms with Gasteiger partial charge in [-0.3, -0.25) is 0 Å². The molecule has 10 heavy (non-hydrogen) atoms. The summed E-state index contributed by atoms with van der Waals surface area (Å²) in [5.41, 5.74) is -0.0213. The van der Waals surface area contributed by atoms with Crippen molar-refractivity contribution in [3.63, 3.8) is 0 Å². The number of nitrogens with zero attached hydrogens (tertiary/aromatic N) is 1. The molecular weight excluding hydrogens is 122 g/mol. The molecule has 1 aromatic heterocycles. The monoisotopic (exact) mass is 134 g/mol. The quantitative estimate of drug-likeness (QED) is 0.537. The number of hydrogen-bond donors (Lipinski definition) is 0. The first kappa shape index (κ1) is 2.06. The van der Waals surface area contributed by atoms with Gasteiger partial charge in [-0.05, 0) is 12.1 Å². The predicted octanol–water partition coefficient (Wildman–Crippen LogP) is 2.03. The molecule has 0 unspecified atom stereocenters. The van der Waals surface area contributed by atoms with Crippen LogP contribution in [0, 0.1) is 6.20 Å². The fraction of sp³-hybridized carbons (Fsp3) is 0. The highest BCUT2D eigenvalue weighted by Gasteiger charge is 1.87. The van der Waals surface area contributed by atoms with Crippen molar-refractivity contribution in [3.8, 4) is 0 Å². The van der Waals surface area contributed by atoms with Crippen molar-refractivity contribution in [1.82, 2.24) is 4.98 Å². The van der Waals surface area contributed by atoms with E-state index >= 15 is 0 Å². The molecule has 1 heteroatoms. The van der Waals surface area contributed by atoms with E-state index in [0.717, 1.165) is 0 Å². The van der Waals surface area contributed by atoms with Crippen molar-refractivity contribution in [2.24, 2.45) is 0 Å². The second kappa shape index (κ2) is 2.10. The first-order valence-corrected chi connectivity index (χ1v) is 2.70. The summed E-state index contributed by atoms with van der Waals surface area (Å²) in [5.74, 6) is 0. The molecule has 1 nitrogen and oxygen atoms in total. The van der Waals surface area contributed by atoms with Crippen LogP contribution in [0.15, 0.2) is 36.3 Å². The van der Waals surface area contributed by atoms with Crippen molar-refractivity contribution in [3.05, 3.63) is 42.5 Å². The Hall–Kier alpha value is -1.37. The van der Waals surface area contributed by atoms with Gasteiger partial charge in [0.25, 0.3) is 0 Å². The lowest BCUT2D eigenvalue weighted by Gasteiger charge is -1.91. The molecule has 0 N–H and O–H groups in total. The molecule has 1 aromatic carbocycles. The Morgan fingerprint density at radius 2 is 2.20 bits per heavy atom. The molecule has 0 saturated heterocycles. The molecule has 1 heterocycles. The van der Waals surface area contributed by atoms with Crippen LogP contribution in [0.2, 0.25) is 0 Å². The Morgan fingerprint density at radius 3 is 3.20 bits per heavy atom. The second-order valence-electron chi connectivity index (χ2n) is 1.70. The molecule has 1 radical (unpaired) electrons. The molecule has 0 aliphatic carbocycles. The zero-order valence-corrected chi connectivity index (χ0v) is 4.95. The fourth-order valence-corrected chi connectivity index (χ4v) is 0.655. The minimum Gasteiger partial charge on any atom is -0.246 e. The Bertz CT molecular complexity index is 595. The first-order valence-electron chi connectivity index (χ1n) is 5.70. The van der Waals surface area contributed by atoms with Gasteiger partial charge in [0, 0.05) is 5.39 Å². The zero-order chi connectivity index (χ0) is 12.0. The summed E-state index contributed by atoms with van der Waals surface area (Å²) in [6.45, 7) is 0. The molecule has 2 rings (SSSR count). The SMILES string of the molecule is [2H]c1[c]nc2c([2H])c([2H])c([2H])c([2H])c2c1[2H]. The largest absolute Gasteiger partial charge is 0.246 e. The normalized spacial score (nSPS) is 18.4. The molecule has 0 atom stereocenters. The Kier molecular flexibility index (Phi) is 0.432. The number of rotatable bonds is 0. The van der Waals surface area contributed by atoms with E-state index in [1.165, 1.54) is 0 Å². The van der Waals surface area contributed by atoms with Gasteiger partial charge in [0.15, 0.2) is 0 Å². The third-order valence-electron chi connectivity index (χ3n) is 1.08. The molecule has 0 fully saturated rings. The van der Waals surface area contributed by atoms with Gasteiger partial charge in [-0.1, -0.05) is 24.2 Å². The van der Waals surface area contributed by atoms with Gasteiger partial charge in [-0.25, -0.2) is 4.98 Å². The maximum atomic E-state index is 7.62. The minimum absolute atomic E-state index is 0.0213. The molecule has 0 saturated carbocycles. The van der Waals surface area contributed by atoms with Crippen LogP contribution >= 0.6 is 0 Å². The highest BCUT2D eigenvalue weighted by Crippen LogP contribution is 2.07. The molecule has 0 amide bonds. The van der Waals surface area contributed by atoms with Crippen molar-refractivity contribution in [1.29, 1.82) is 0 Å². The Labute approximate surface area is 67.8 Å². The maximum Gasteiger partial charge on any atom is 0.0894 e. The summed E-state index contributed by atoms with van der Waals surface area (Å²) in [7, 11) is 0. The summed E-state index contributed by atoms with van der Waals surface area (Å²) in [5, 5.41) is -0.0326. The minimum atomic E-state index is -0.418. The number of fused-ring (bicyclic) bond motifs is 1. The molecule has 0 bridgehead atoms. The second-order valence-corrected chi connectivity index (χ2v) is 1.70. The smallest absolute Gasteiger partial charge is 0.0894 e. The van der Waals surface area contributed by atoms with Crippen LogP contribution in [-0.2, 0) is 0 Å².